The lowest BCUT2D eigenvalue weighted by molar-refractivity contribution is -0.684. The first kappa shape index (κ1) is 28.8. The van der Waals surface area contributed by atoms with Crippen LogP contribution in [0.5, 0.6) is 5.75 Å². The molecule has 0 spiro atoms. The van der Waals surface area contributed by atoms with Crippen molar-refractivity contribution in [3.05, 3.63) is 50.3 Å². The Morgan fingerprint density at radius 1 is 1.16 bits per heavy atom. The van der Waals surface area contributed by atoms with Crippen molar-refractivity contribution < 1.29 is 18.8 Å². The van der Waals surface area contributed by atoms with E-state index in [2.05, 4.69) is 52.9 Å². The Morgan fingerprint density at radius 3 is 2.65 bits per heavy atom. The van der Waals surface area contributed by atoms with Gasteiger partial charge in [0.1, 0.15) is 18.4 Å². The summed E-state index contributed by atoms with van der Waals surface area (Å²) in [6, 6.07) is 7.77. The third-order valence-electron chi connectivity index (χ3n) is 8.71. The molecule has 1 N–H and O–H groups in total. The Bertz CT molecular complexity index is 1790. The summed E-state index contributed by atoms with van der Waals surface area (Å²) in [5, 5.41) is 5.08. The van der Waals surface area contributed by atoms with Crippen molar-refractivity contribution in [3.63, 3.8) is 0 Å². The van der Waals surface area contributed by atoms with Gasteiger partial charge in [-0.1, -0.05) is 34.5 Å². The van der Waals surface area contributed by atoms with Gasteiger partial charge in [-0.2, -0.15) is 4.40 Å². The van der Waals surface area contributed by atoms with Gasteiger partial charge < -0.3 is 19.7 Å². The molecule has 43 heavy (non-hydrogen) atoms. The average molecular weight is 641 g/mol. The van der Waals surface area contributed by atoms with Crippen LogP contribution in [-0.4, -0.2) is 42.7 Å². The minimum Gasteiger partial charge on any atom is -0.488 e. The summed E-state index contributed by atoms with van der Waals surface area (Å²) in [5.41, 5.74) is 7.84. The Kier molecular flexibility index (Phi) is 7.10. The zero-order valence-electron chi connectivity index (χ0n) is 25.3. The van der Waals surface area contributed by atoms with Gasteiger partial charge in [-0.05, 0) is 83.2 Å². The maximum absolute atomic E-state index is 12.9. The molecule has 0 radical (unpaired) electrons. The third kappa shape index (κ3) is 4.77. The van der Waals surface area contributed by atoms with E-state index in [1.807, 2.05) is 12.1 Å². The SMILES string of the molecule is COC(=O)CC1COc2c(cc3c4c2CCCN4CCC3)-c2c(NC(C)(C)C)n3c(-c4ccc(Cl)cc4Cl)c(C)sc3[n+]21. The van der Waals surface area contributed by atoms with Crippen LogP contribution in [0.2, 0.25) is 10.0 Å². The number of methoxy groups -OCH3 is 1. The van der Waals surface area contributed by atoms with Crippen molar-refractivity contribution in [2.24, 2.45) is 0 Å². The normalized spacial score (nSPS) is 17.6. The van der Waals surface area contributed by atoms with Crippen molar-refractivity contribution >= 4 is 57.0 Å². The minimum atomic E-state index is -0.268. The number of rotatable bonds is 4. The molecule has 0 saturated carbocycles. The lowest BCUT2D eigenvalue weighted by Crippen LogP contribution is -2.43. The Balaban J connectivity index is 1.60. The highest BCUT2D eigenvalue weighted by atomic mass is 35.5. The standard InChI is InChI=1S/C33H37Cl2N4O3S/c1-18-27(22-11-10-20(34)15-25(22)35)39-31(36-33(2,3)4)29-24-14-19-8-6-12-37-13-7-9-23(28(19)37)30(24)42-17-21(16-26(40)41-5)38(29)32(39)43-18/h10-11,14-15,21,36H,6-9,12-13,16-17H2,1-5H3/q+1. The fourth-order valence-electron chi connectivity index (χ4n) is 7.07. The van der Waals surface area contributed by atoms with Crippen LogP contribution < -0.4 is 19.5 Å². The monoisotopic (exact) mass is 639 g/mol. The molecule has 2 aromatic heterocycles. The van der Waals surface area contributed by atoms with E-state index in [1.54, 1.807) is 17.4 Å². The number of ether oxygens (including phenoxy) is 2. The highest BCUT2D eigenvalue weighted by molar-refractivity contribution is 7.17. The maximum atomic E-state index is 12.9. The summed E-state index contributed by atoms with van der Waals surface area (Å²) in [6.45, 7) is 11.2. The van der Waals surface area contributed by atoms with E-state index in [9.17, 15) is 4.79 Å². The Labute approximate surface area is 266 Å². The number of aromatic nitrogens is 2. The minimum absolute atomic E-state index is 0.200. The largest absolute Gasteiger partial charge is 0.488 e. The number of halogens is 2. The van der Waals surface area contributed by atoms with Gasteiger partial charge >= 0.3 is 10.9 Å². The molecule has 3 aliphatic heterocycles. The number of fused-ring (bicyclic) bond motifs is 6. The number of nitrogens with one attached hydrogen (secondary N) is 1. The molecule has 1 atom stereocenters. The third-order valence-corrected chi connectivity index (χ3v) is 10.3. The van der Waals surface area contributed by atoms with Gasteiger partial charge in [-0.25, -0.2) is 4.57 Å². The summed E-state index contributed by atoms with van der Waals surface area (Å²) < 4.78 is 16.6. The van der Waals surface area contributed by atoms with E-state index in [0.29, 0.717) is 16.7 Å². The predicted octanol–water partition coefficient (Wildman–Crippen LogP) is 7.64. The Morgan fingerprint density at radius 2 is 1.93 bits per heavy atom. The van der Waals surface area contributed by atoms with Crippen LogP contribution in [0.25, 0.3) is 27.5 Å². The second kappa shape index (κ2) is 10.6. The van der Waals surface area contributed by atoms with Crippen molar-refractivity contribution in [1.29, 1.82) is 0 Å². The number of thiazole rings is 1. The molecular weight excluding hydrogens is 603 g/mol. The van der Waals surface area contributed by atoms with Crippen LogP contribution in [0, 0.1) is 6.92 Å². The molecule has 7 nitrogen and oxygen atoms in total. The van der Waals surface area contributed by atoms with Crippen molar-refractivity contribution in [1.82, 2.24) is 4.40 Å². The molecule has 1 unspecified atom stereocenters. The van der Waals surface area contributed by atoms with Crippen LogP contribution in [0.1, 0.15) is 62.1 Å². The second-order valence-electron chi connectivity index (χ2n) is 12.9. The first-order valence-corrected chi connectivity index (χ1v) is 16.6. The molecule has 2 aromatic carbocycles. The van der Waals surface area contributed by atoms with Crippen LogP contribution in [0.3, 0.4) is 0 Å². The molecule has 7 rings (SSSR count). The summed E-state index contributed by atoms with van der Waals surface area (Å²) in [4.78, 5) is 17.5. The molecule has 0 aliphatic carbocycles. The van der Waals surface area contributed by atoms with Gasteiger partial charge in [0.2, 0.25) is 11.5 Å². The highest BCUT2D eigenvalue weighted by Gasteiger charge is 2.43. The van der Waals surface area contributed by atoms with Crippen LogP contribution >= 0.6 is 34.5 Å². The molecule has 0 bridgehead atoms. The molecule has 0 fully saturated rings. The second-order valence-corrected chi connectivity index (χ2v) is 14.9. The van der Waals surface area contributed by atoms with E-state index in [0.717, 1.165) is 82.7 Å². The predicted molar refractivity (Wildman–Crippen MR) is 174 cm³/mol. The number of carbonyl (C=O) groups excluding carboxylic acids is 1. The lowest BCUT2D eigenvalue weighted by atomic mass is 9.88. The van der Waals surface area contributed by atoms with Gasteiger partial charge in [0.15, 0.2) is 5.69 Å². The number of hydrogen-bond acceptors (Lipinski definition) is 6. The molecule has 4 aromatic rings. The number of hydrogen-bond donors (Lipinski definition) is 1. The summed E-state index contributed by atoms with van der Waals surface area (Å²) in [5.74, 6) is 1.65. The zero-order chi connectivity index (χ0) is 30.2. The number of carbonyl (C=O) groups is 1. The van der Waals surface area contributed by atoms with Crippen LogP contribution in [0.15, 0.2) is 24.3 Å². The van der Waals surface area contributed by atoms with Gasteiger partial charge in [-0.15, -0.1) is 0 Å². The van der Waals surface area contributed by atoms with Crippen LogP contribution in [0.4, 0.5) is 11.5 Å². The number of nitrogens with zero attached hydrogens (tertiary/aromatic N) is 3. The fraction of sp³-hybridized carbons (Fsp3) is 0.455. The van der Waals surface area contributed by atoms with E-state index >= 15 is 0 Å². The number of benzene rings is 2. The summed E-state index contributed by atoms with van der Waals surface area (Å²) >= 11 is 14.9. The van der Waals surface area contributed by atoms with Crippen molar-refractivity contribution in [2.75, 3.05) is 37.0 Å². The molecule has 10 heteroatoms. The quantitative estimate of drug-likeness (QED) is 0.184. The van der Waals surface area contributed by atoms with Crippen molar-refractivity contribution in [2.45, 2.75) is 71.4 Å². The van der Waals surface area contributed by atoms with E-state index < -0.39 is 0 Å². The molecule has 5 heterocycles. The highest BCUT2D eigenvalue weighted by Crippen LogP contribution is 2.50. The first-order valence-electron chi connectivity index (χ1n) is 15.0. The van der Waals surface area contributed by atoms with E-state index in [4.69, 9.17) is 32.7 Å². The maximum Gasteiger partial charge on any atom is 0.349 e. The lowest BCUT2D eigenvalue weighted by Gasteiger charge is -2.38. The van der Waals surface area contributed by atoms with Gasteiger partial charge in [0.25, 0.3) is 0 Å². The summed E-state index contributed by atoms with van der Waals surface area (Å²) in [6.07, 6.45) is 4.49. The fourth-order valence-corrected chi connectivity index (χ4v) is 8.76. The number of aryl methyl sites for hydroxylation is 2. The van der Waals surface area contributed by atoms with Gasteiger partial charge in [-0.3, -0.25) is 4.79 Å². The number of esters is 1. The Hall–Kier alpha value is -2.94. The summed E-state index contributed by atoms with van der Waals surface area (Å²) in [7, 11) is 1.45. The zero-order valence-corrected chi connectivity index (χ0v) is 27.6. The van der Waals surface area contributed by atoms with Gasteiger partial charge in [0.05, 0.1) is 29.0 Å². The average Bonchev–Trinajstić information content (AvgIpc) is 3.37. The molecule has 0 saturated heterocycles. The van der Waals surface area contributed by atoms with Crippen molar-refractivity contribution in [3.8, 4) is 28.3 Å². The molecular formula is C33H37Cl2N4O3S+. The smallest absolute Gasteiger partial charge is 0.349 e. The van der Waals surface area contributed by atoms with Crippen LogP contribution in [-0.2, 0) is 22.4 Å². The topological polar surface area (TPSA) is 59.1 Å². The molecule has 3 aliphatic rings. The number of imidazole rings is 1. The molecule has 0 amide bonds. The number of anilines is 2. The van der Waals surface area contributed by atoms with E-state index in [1.165, 1.54) is 23.9 Å². The molecule has 226 valence electrons. The van der Waals surface area contributed by atoms with E-state index in [-0.39, 0.29) is 24.0 Å². The van der Waals surface area contributed by atoms with Gasteiger partial charge in [0, 0.05) is 40.5 Å². The first-order chi connectivity index (χ1) is 20.6.